The van der Waals surface area contributed by atoms with Crippen LogP contribution in [0.5, 0.6) is 11.5 Å². The lowest BCUT2D eigenvalue weighted by molar-refractivity contribution is -0.895. The number of aromatic nitrogens is 2. The van der Waals surface area contributed by atoms with Gasteiger partial charge in [-0.1, -0.05) is 0 Å². The van der Waals surface area contributed by atoms with Crippen LogP contribution < -0.4 is 4.74 Å². The minimum Gasteiger partial charge on any atom is -0.457 e. The minimum absolute atomic E-state index is 0.152. The van der Waals surface area contributed by atoms with E-state index in [4.69, 9.17) is 4.74 Å². The molecule has 0 radical (unpaired) electrons. The molecule has 0 saturated carbocycles. The summed E-state index contributed by atoms with van der Waals surface area (Å²) in [7, 11) is 6.29. The van der Waals surface area contributed by atoms with Crippen LogP contribution in [0.25, 0.3) is 11.3 Å². The molecule has 32 heavy (non-hydrogen) atoms. The molecule has 7 heteroatoms. The predicted octanol–water partition coefficient (Wildman–Crippen LogP) is 4.39. The molecule has 1 amide bonds. The van der Waals surface area contributed by atoms with Crippen molar-refractivity contribution >= 4 is 5.91 Å². The Morgan fingerprint density at radius 1 is 1.00 bits per heavy atom. The number of nitrogens with zero attached hydrogens (tertiary/aromatic N) is 4. The predicted molar refractivity (Wildman–Crippen MR) is 121 cm³/mol. The molecule has 2 aromatic carbocycles. The van der Waals surface area contributed by atoms with E-state index in [1.165, 1.54) is 12.1 Å². The molecule has 3 aromatic rings. The molecule has 2 heterocycles. The van der Waals surface area contributed by atoms with Crippen molar-refractivity contribution in [3.63, 3.8) is 0 Å². The van der Waals surface area contributed by atoms with Crippen molar-refractivity contribution in [3.8, 4) is 22.8 Å². The molecular formula is C25H28FN4O2+. The molecule has 1 aliphatic heterocycles. The zero-order valence-corrected chi connectivity index (χ0v) is 18.7. The first-order valence-corrected chi connectivity index (χ1v) is 10.8. The quantitative estimate of drug-likeness (QED) is 0.558. The molecule has 0 atom stereocenters. The number of likely N-dealkylation sites (tertiary alicyclic amines) is 1. The summed E-state index contributed by atoms with van der Waals surface area (Å²) in [5.74, 6) is 0.932. The lowest BCUT2D eigenvalue weighted by atomic mass is 10.0. The fraction of sp³-hybridized carbons (Fsp3) is 0.320. The summed E-state index contributed by atoms with van der Waals surface area (Å²) in [5, 5.41) is 0. The van der Waals surface area contributed by atoms with Gasteiger partial charge in [0.15, 0.2) is 0 Å². The SMILES string of the molecule is CN(C(=O)c1nccc(-c2ccc(Oc3ccc(F)cc3)cc2)n1)C1CC[N+](C)(C)CC1. The first-order chi connectivity index (χ1) is 15.3. The average molecular weight is 436 g/mol. The van der Waals surface area contributed by atoms with Crippen molar-refractivity contribution in [1.29, 1.82) is 0 Å². The topological polar surface area (TPSA) is 55.3 Å². The smallest absolute Gasteiger partial charge is 0.291 e. The van der Waals surface area contributed by atoms with Crippen LogP contribution in [-0.4, -0.2) is 65.5 Å². The summed E-state index contributed by atoms with van der Waals surface area (Å²) in [6.45, 7) is 2.10. The van der Waals surface area contributed by atoms with Crippen LogP contribution in [0.3, 0.4) is 0 Å². The van der Waals surface area contributed by atoms with Crippen LogP contribution in [0, 0.1) is 5.82 Å². The third-order valence-corrected chi connectivity index (χ3v) is 6.05. The van der Waals surface area contributed by atoms with Crippen molar-refractivity contribution in [3.05, 3.63) is 72.4 Å². The van der Waals surface area contributed by atoms with Crippen molar-refractivity contribution in [2.24, 2.45) is 0 Å². The number of hydrogen-bond acceptors (Lipinski definition) is 4. The molecule has 6 nitrogen and oxygen atoms in total. The third kappa shape index (κ3) is 5.11. The lowest BCUT2D eigenvalue weighted by Gasteiger charge is -2.40. The summed E-state index contributed by atoms with van der Waals surface area (Å²) in [6.07, 6.45) is 3.57. The summed E-state index contributed by atoms with van der Waals surface area (Å²) >= 11 is 0. The molecule has 1 aromatic heterocycles. The highest BCUT2D eigenvalue weighted by atomic mass is 19.1. The van der Waals surface area contributed by atoms with Gasteiger partial charge in [-0.15, -0.1) is 0 Å². The van der Waals surface area contributed by atoms with Crippen LogP contribution in [-0.2, 0) is 0 Å². The Kier molecular flexibility index (Phi) is 6.19. The van der Waals surface area contributed by atoms with Gasteiger partial charge in [0, 0.05) is 37.7 Å². The maximum atomic E-state index is 13.0. The van der Waals surface area contributed by atoms with Crippen molar-refractivity contribution in [1.82, 2.24) is 14.9 Å². The van der Waals surface area contributed by atoms with Crippen LogP contribution in [0.4, 0.5) is 4.39 Å². The van der Waals surface area contributed by atoms with E-state index >= 15 is 0 Å². The molecule has 1 aliphatic rings. The van der Waals surface area contributed by atoms with Gasteiger partial charge in [0.05, 0.1) is 32.9 Å². The normalized spacial score (nSPS) is 15.9. The van der Waals surface area contributed by atoms with Crippen LogP contribution in [0.2, 0.25) is 0 Å². The van der Waals surface area contributed by atoms with Crippen LogP contribution in [0.1, 0.15) is 23.5 Å². The van der Waals surface area contributed by atoms with Gasteiger partial charge in [-0.3, -0.25) is 4.79 Å². The molecule has 0 unspecified atom stereocenters. The highest BCUT2D eigenvalue weighted by molar-refractivity contribution is 5.91. The fourth-order valence-electron chi connectivity index (χ4n) is 3.92. The first kappa shape index (κ1) is 21.9. The Morgan fingerprint density at radius 2 is 1.59 bits per heavy atom. The van der Waals surface area contributed by atoms with E-state index in [0.29, 0.717) is 17.2 Å². The van der Waals surface area contributed by atoms with E-state index < -0.39 is 0 Å². The van der Waals surface area contributed by atoms with Crippen LogP contribution >= 0.6 is 0 Å². The number of rotatable bonds is 5. The summed E-state index contributed by atoms with van der Waals surface area (Å²) < 4.78 is 19.8. The fourth-order valence-corrected chi connectivity index (χ4v) is 3.92. The van der Waals surface area contributed by atoms with E-state index in [1.807, 2.05) is 31.3 Å². The molecule has 0 N–H and O–H groups in total. The van der Waals surface area contributed by atoms with Gasteiger partial charge in [-0.05, 0) is 54.6 Å². The second kappa shape index (κ2) is 9.04. The standard InChI is InChI=1S/C25H28FN4O2/c1-29(20-13-16-30(2,3)17-14-20)25(31)24-27-15-12-23(28-24)18-4-8-21(9-5-18)32-22-10-6-19(26)7-11-22/h4-12,15,20H,13-14,16-17H2,1-3H3/q+1. The number of piperidine rings is 1. The molecule has 0 spiro atoms. The zero-order valence-electron chi connectivity index (χ0n) is 18.7. The Labute approximate surface area is 187 Å². The van der Waals surface area contributed by atoms with Gasteiger partial charge in [0.1, 0.15) is 17.3 Å². The lowest BCUT2D eigenvalue weighted by Crippen LogP contribution is -2.52. The number of amides is 1. The van der Waals surface area contributed by atoms with Gasteiger partial charge in [-0.2, -0.15) is 0 Å². The number of quaternary nitrogens is 1. The molecule has 0 aliphatic carbocycles. The monoisotopic (exact) mass is 435 g/mol. The van der Waals surface area contributed by atoms with Crippen LogP contribution in [0.15, 0.2) is 60.8 Å². The maximum absolute atomic E-state index is 13.0. The molecule has 0 bridgehead atoms. The van der Waals surface area contributed by atoms with E-state index in [-0.39, 0.29) is 23.6 Å². The Balaban J connectivity index is 1.45. The van der Waals surface area contributed by atoms with Crippen molar-refractivity contribution in [2.45, 2.75) is 18.9 Å². The first-order valence-electron chi connectivity index (χ1n) is 10.8. The number of benzene rings is 2. The second-order valence-electron chi connectivity index (χ2n) is 8.88. The van der Waals surface area contributed by atoms with Gasteiger partial charge in [-0.25, -0.2) is 14.4 Å². The molecule has 1 saturated heterocycles. The van der Waals surface area contributed by atoms with E-state index in [1.54, 1.807) is 29.3 Å². The molecular weight excluding hydrogens is 407 g/mol. The average Bonchev–Trinajstić information content (AvgIpc) is 2.80. The molecule has 4 rings (SSSR count). The number of carbonyl (C=O) groups is 1. The van der Waals surface area contributed by atoms with Gasteiger partial charge in [0.25, 0.3) is 5.91 Å². The number of halogens is 1. The molecule has 1 fully saturated rings. The number of carbonyl (C=O) groups excluding carboxylic acids is 1. The highest BCUT2D eigenvalue weighted by Gasteiger charge is 2.31. The third-order valence-electron chi connectivity index (χ3n) is 6.05. The highest BCUT2D eigenvalue weighted by Crippen LogP contribution is 2.25. The number of hydrogen-bond donors (Lipinski definition) is 0. The number of ether oxygens (including phenoxy) is 1. The van der Waals surface area contributed by atoms with Crippen molar-refractivity contribution < 1.29 is 18.4 Å². The molecule has 166 valence electrons. The maximum Gasteiger partial charge on any atom is 0.291 e. The second-order valence-corrected chi connectivity index (χ2v) is 8.88. The largest absolute Gasteiger partial charge is 0.457 e. The summed E-state index contributed by atoms with van der Waals surface area (Å²) in [6, 6.07) is 15.2. The van der Waals surface area contributed by atoms with Gasteiger partial charge in [0.2, 0.25) is 5.82 Å². The van der Waals surface area contributed by atoms with Gasteiger partial charge >= 0.3 is 0 Å². The Morgan fingerprint density at radius 3 is 2.22 bits per heavy atom. The Bertz CT molecular complexity index is 1070. The summed E-state index contributed by atoms with van der Waals surface area (Å²) in [5.41, 5.74) is 1.53. The summed E-state index contributed by atoms with van der Waals surface area (Å²) in [4.78, 5) is 23.6. The van der Waals surface area contributed by atoms with E-state index in [9.17, 15) is 9.18 Å². The van der Waals surface area contributed by atoms with E-state index in [0.717, 1.165) is 36.0 Å². The van der Waals surface area contributed by atoms with E-state index in [2.05, 4.69) is 24.1 Å². The van der Waals surface area contributed by atoms with Crippen molar-refractivity contribution in [2.75, 3.05) is 34.2 Å². The minimum atomic E-state index is -0.307. The zero-order chi connectivity index (χ0) is 22.7. The Hall–Kier alpha value is -3.32. The van der Waals surface area contributed by atoms with Gasteiger partial charge < -0.3 is 14.1 Å².